The number of carbonyl (C=O) groups excluding carboxylic acids is 2. The lowest BCUT2D eigenvalue weighted by molar-refractivity contribution is -0.119. The third-order valence-corrected chi connectivity index (χ3v) is 6.11. The molecule has 0 atom stereocenters. The number of nitrogens with one attached hydrogen (secondary N) is 1. The Hall–Kier alpha value is -2.55. The number of benzene rings is 1. The van der Waals surface area contributed by atoms with Gasteiger partial charge in [-0.05, 0) is 44.7 Å². The van der Waals surface area contributed by atoms with Gasteiger partial charge in [0.25, 0.3) is 0 Å². The van der Waals surface area contributed by atoms with Crippen molar-refractivity contribution in [2.75, 3.05) is 25.4 Å². The number of aromatic nitrogens is 3. The van der Waals surface area contributed by atoms with E-state index in [1.807, 2.05) is 35.0 Å². The minimum absolute atomic E-state index is 0.0291. The smallest absolute Gasteiger partial charge is 0.409 e. The molecule has 0 radical (unpaired) electrons. The van der Waals surface area contributed by atoms with Gasteiger partial charge in [-0.2, -0.15) is 0 Å². The molecule has 8 nitrogen and oxygen atoms in total. The molecule has 2 aliphatic rings. The van der Waals surface area contributed by atoms with E-state index in [0.29, 0.717) is 30.8 Å². The van der Waals surface area contributed by atoms with E-state index in [0.717, 1.165) is 37.2 Å². The third kappa shape index (κ3) is 5.13. The standard InChI is InChI=1S/C21H27N5O3S/c1-2-29-21(28)25-12-10-16(11-13-25)22-18(27)14-30-20-23-19(15-8-9-15)26(24-20)17-6-4-3-5-7-17/h3-7,15-16H,2,8-14H2,1H3,(H,22,27). The van der Waals surface area contributed by atoms with Crippen LogP contribution in [-0.2, 0) is 9.53 Å². The number of piperidine rings is 1. The highest BCUT2D eigenvalue weighted by molar-refractivity contribution is 7.99. The molecular weight excluding hydrogens is 402 g/mol. The SMILES string of the molecule is CCOC(=O)N1CCC(NC(=O)CSc2nc(C3CC3)n(-c3ccccc3)n2)CC1. The summed E-state index contributed by atoms with van der Waals surface area (Å²) in [6, 6.07) is 10.1. The lowest BCUT2D eigenvalue weighted by Crippen LogP contribution is -2.47. The Morgan fingerprint density at radius 2 is 1.90 bits per heavy atom. The van der Waals surface area contributed by atoms with Gasteiger partial charge in [0.2, 0.25) is 11.1 Å². The van der Waals surface area contributed by atoms with E-state index in [1.165, 1.54) is 11.8 Å². The largest absolute Gasteiger partial charge is 0.450 e. The summed E-state index contributed by atoms with van der Waals surface area (Å²) >= 11 is 1.36. The van der Waals surface area contributed by atoms with Gasteiger partial charge in [0.15, 0.2) is 0 Å². The molecule has 2 amide bonds. The molecule has 1 aliphatic carbocycles. The number of thioether (sulfide) groups is 1. The summed E-state index contributed by atoms with van der Waals surface area (Å²) in [6.45, 7) is 3.38. The zero-order valence-electron chi connectivity index (χ0n) is 17.1. The van der Waals surface area contributed by atoms with E-state index in [-0.39, 0.29) is 23.8 Å². The monoisotopic (exact) mass is 429 g/mol. The van der Waals surface area contributed by atoms with Crippen LogP contribution >= 0.6 is 11.8 Å². The topological polar surface area (TPSA) is 89.4 Å². The summed E-state index contributed by atoms with van der Waals surface area (Å²) in [5, 5.41) is 8.34. The van der Waals surface area contributed by atoms with Crippen molar-refractivity contribution in [3.05, 3.63) is 36.2 Å². The van der Waals surface area contributed by atoms with Crippen LogP contribution in [0.4, 0.5) is 4.79 Å². The van der Waals surface area contributed by atoms with Gasteiger partial charge in [-0.3, -0.25) is 4.79 Å². The van der Waals surface area contributed by atoms with Crippen LogP contribution in [0.2, 0.25) is 0 Å². The van der Waals surface area contributed by atoms with Gasteiger partial charge in [-0.1, -0.05) is 30.0 Å². The summed E-state index contributed by atoms with van der Waals surface area (Å²) in [7, 11) is 0. The van der Waals surface area contributed by atoms with Gasteiger partial charge >= 0.3 is 6.09 Å². The molecule has 2 aromatic rings. The van der Waals surface area contributed by atoms with Crippen LogP contribution in [0.15, 0.2) is 35.5 Å². The quantitative estimate of drug-likeness (QED) is 0.681. The van der Waals surface area contributed by atoms with Gasteiger partial charge in [0.05, 0.1) is 18.0 Å². The Morgan fingerprint density at radius 1 is 1.17 bits per heavy atom. The first-order valence-corrected chi connectivity index (χ1v) is 11.5. The fraction of sp³-hybridized carbons (Fsp3) is 0.524. The van der Waals surface area contributed by atoms with E-state index in [4.69, 9.17) is 9.72 Å². The van der Waals surface area contributed by atoms with Crippen molar-refractivity contribution in [3.63, 3.8) is 0 Å². The van der Waals surface area contributed by atoms with Crippen LogP contribution < -0.4 is 5.32 Å². The van der Waals surface area contributed by atoms with Crippen molar-refractivity contribution in [3.8, 4) is 5.69 Å². The van der Waals surface area contributed by atoms with Crippen LogP contribution in [0.5, 0.6) is 0 Å². The van der Waals surface area contributed by atoms with Crippen molar-refractivity contribution in [1.82, 2.24) is 25.0 Å². The molecule has 1 aliphatic heterocycles. The van der Waals surface area contributed by atoms with Crippen LogP contribution in [0, 0.1) is 0 Å². The first kappa shape index (κ1) is 20.7. The van der Waals surface area contributed by atoms with Crippen LogP contribution in [-0.4, -0.2) is 63.2 Å². The van der Waals surface area contributed by atoms with Crippen LogP contribution in [0.3, 0.4) is 0 Å². The number of likely N-dealkylation sites (tertiary alicyclic amines) is 1. The van der Waals surface area contributed by atoms with Crippen LogP contribution in [0.25, 0.3) is 5.69 Å². The fourth-order valence-corrected chi connectivity index (χ4v) is 4.19. The molecule has 1 saturated heterocycles. The van der Waals surface area contributed by atoms with E-state index in [9.17, 15) is 9.59 Å². The van der Waals surface area contributed by atoms with Gasteiger partial charge < -0.3 is 15.0 Å². The predicted molar refractivity (Wildman–Crippen MR) is 114 cm³/mol. The summed E-state index contributed by atoms with van der Waals surface area (Å²) < 4.78 is 6.94. The lowest BCUT2D eigenvalue weighted by Gasteiger charge is -2.31. The van der Waals surface area contributed by atoms with Gasteiger partial charge in [0.1, 0.15) is 5.82 Å². The van der Waals surface area contributed by atoms with Gasteiger partial charge in [0, 0.05) is 25.0 Å². The molecule has 0 unspecified atom stereocenters. The molecule has 2 heterocycles. The molecule has 1 N–H and O–H groups in total. The Kier molecular flexibility index (Phi) is 6.56. The molecule has 1 aromatic heterocycles. The van der Waals surface area contributed by atoms with Crippen molar-refractivity contribution in [1.29, 1.82) is 0 Å². The molecule has 4 rings (SSSR count). The maximum absolute atomic E-state index is 12.4. The van der Waals surface area contributed by atoms with E-state index < -0.39 is 0 Å². The average molecular weight is 430 g/mol. The average Bonchev–Trinajstić information content (AvgIpc) is 3.53. The molecule has 30 heavy (non-hydrogen) atoms. The highest BCUT2D eigenvalue weighted by atomic mass is 32.2. The number of rotatable bonds is 7. The molecular formula is C21H27N5O3S. The lowest BCUT2D eigenvalue weighted by atomic mass is 10.1. The number of carbonyl (C=O) groups is 2. The first-order chi connectivity index (χ1) is 14.6. The molecule has 0 bridgehead atoms. The Morgan fingerprint density at radius 3 is 2.57 bits per heavy atom. The van der Waals surface area contributed by atoms with Gasteiger partial charge in [-0.15, -0.1) is 5.10 Å². The molecule has 9 heteroatoms. The minimum Gasteiger partial charge on any atom is -0.450 e. The van der Waals surface area contributed by atoms with Gasteiger partial charge in [-0.25, -0.2) is 14.5 Å². The number of hydrogen-bond donors (Lipinski definition) is 1. The molecule has 1 aromatic carbocycles. The van der Waals surface area contributed by atoms with Crippen molar-refractivity contribution in [2.45, 2.75) is 49.7 Å². The first-order valence-electron chi connectivity index (χ1n) is 10.5. The molecule has 0 spiro atoms. The number of para-hydroxylation sites is 1. The third-order valence-electron chi connectivity index (χ3n) is 5.27. The number of ether oxygens (including phenoxy) is 1. The Bertz CT molecular complexity index is 876. The maximum Gasteiger partial charge on any atom is 0.409 e. The summed E-state index contributed by atoms with van der Waals surface area (Å²) in [5.74, 6) is 1.70. The summed E-state index contributed by atoms with van der Waals surface area (Å²) in [4.78, 5) is 30.6. The second-order valence-corrected chi connectivity index (χ2v) is 8.53. The second kappa shape index (κ2) is 9.51. The Balaban J connectivity index is 1.28. The number of amides is 2. The summed E-state index contributed by atoms with van der Waals surface area (Å²) in [5.41, 5.74) is 0.997. The molecule has 160 valence electrons. The second-order valence-electron chi connectivity index (χ2n) is 7.59. The maximum atomic E-state index is 12.4. The predicted octanol–water partition coefficient (Wildman–Crippen LogP) is 2.97. The highest BCUT2D eigenvalue weighted by Gasteiger charge is 2.30. The van der Waals surface area contributed by atoms with Crippen molar-refractivity contribution in [2.24, 2.45) is 0 Å². The zero-order chi connectivity index (χ0) is 20.9. The number of hydrogen-bond acceptors (Lipinski definition) is 6. The van der Waals surface area contributed by atoms with E-state index in [2.05, 4.69) is 10.4 Å². The van der Waals surface area contributed by atoms with E-state index in [1.54, 1.807) is 11.8 Å². The molecule has 1 saturated carbocycles. The van der Waals surface area contributed by atoms with Crippen molar-refractivity contribution < 1.29 is 14.3 Å². The zero-order valence-corrected chi connectivity index (χ0v) is 17.9. The normalized spacial score (nSPS) is 17.0. The number of nitrogens with zero attached hydrogens (tertiary/aromatic N) is 4. The minimum atomic E-state index is -0.274. The highest BCUT2D eigenvalue weighted by Crippen LogP contribution is 2.40. The fourth-order valence-electron chi connectivity index (χ4n) is 3.55. The molecule has 2 fully saturated rings. The summed E-state index contributed by atoms with van der Waals surface area (Å²) in [6.07, 6.45) is 3.48. The van der Waals surface area contributed by atoms with Crippen molar-refractivity contribution >= 4 is 23.8 Å². The van der Waals surface area contributed by atoms with E-state index >= 15 is 0 Å². The Labute approximate surface area is 180 Å². The van der Waals surface area contributed by atoms with Crippen LogP contribution in [0.1, 0.15) is 44.3 Å².